The van der Waals surface area contributed by atoms with Gasteiger partial charge in [0, 0.05) is 37.9 Å². The Hall–Kier alpha value is -2.90. The predicted molar refractivity (Wildman–Crippen MR) is 125 cm³/mol. The summed E-state index contributed by atoms with van der Waals surface area (Å²) >= 11 is 0. The summed E-state index contributed by atoms with van der Waals surface area (Å²) in [6.07, 6.45) is 2.18. The Morgan fingerprint density at radius 3 is 2.12 bits per heavy atom. The van der Waals surface area contributed by atoms with Gasteiger partial charge in [-0.05, 0) is 49.6 Å². The largest absolute Gasteiger partial charge is 0.497 e. The van der Waals surface area contributed by atoms with Crippen molar-refractivity contribution in [2.45, 2.75) is 37.9 Å². The van der Waals surface area contributed by atoms with Gasteiger partial charge in [0.15, 0.2) is 0 Å². The van der Waals surface area contributed by atoms with E-state index < -0.39 is 6.04 Å². The normalized spacial score (nSPS) is 19.1. The van der Waals surface area contributed by atoms with E-state index in [0.717, 1.165) is 56.0 Å². The van der Waals surface area contributed by atoms with Crippen molar-refractivity contribution >= 4 is 17.5 Å². The molecular weight excluding hydrogens is 404 g/mol. The fraction of sp³-hybridized carbons (Fsp3) is 0.440. The van der Waals surface area contributed by atoms with Crippen LogP contribution in [0.4, 0.5) is 5.69 Å². The molecule has 2 unspecified atom stereocenters. The minimum atomic E-state index is -0.393. The van der Waals surface area contributed by atoms with Crippen LogP contribution in [0, 0.1) is 0 Å². The highest BCUT2D eigenvalue weighted by Gasteiger charge is 2.34. The topological polar surface area (TPSA) is 73.9 Å². The van der Waals surface area contributed by atoms with E-state index in [0.29, 0.717) is 6.04 Å². The lowest BCUT2D eigenvalue weighted by atomic mass is 10.0. The second-order valence-electron chi connectivity index (χ2n) is 8.56. The molecule has 7 heteroatoms. The fourth-order valence-electron chi connectivity index (χ4n) is 4.15. The molecule has 0 spiro atoms. The number of carbonyl (C=O) groups excluding carboxylic acids is 2. The lowest BCUT2D eigenvalue weighted by molar-refractivity contribution is -0.128. The summed E-state index contributed by atoms with van der Waals surface area (Å²) in [5, 5.41) is 6.15. The third-order valence-electron chi connectivity index (χ3n) is 6.29. The first kappa shape index (κ1) is 22.3. The van der Waals surface area contributed by atoms with E-state index in [2.05, 4.69) is 20.4 Å². The Bertz CT molecular complexity index is 907. The molecule has 1 saturated heterocycles. The number of amides is 2. The van der Waals surface area contributed by atoms with E-state index in [9.17, 15) is 9.59 Å². The van der Waals surface area contributed by atoms with Gasteiger partial charge in [-0.1, -0.05) is 30.3 Å². The Morgan fingerprint density at radius 1 is 0.906 bits per heavy atom. The van der Waals surface area contributed by atoms with Crippen LogP contribution in [0.5, 0.6) is 5.75 Å². The molecule has 2 aliphatic rings. The summed E-state index contributed by atoms with van der Waals surface area (Å²) in [5.74, 6) is 0.797. The quantitative estimate of drug-likeness (QED) is 0.666. The third-order valence-corrected chi connectivity index (χ3v) is 6.29. The molecule has 2 amide bonds. The molecule has 1 aliphatic carbocycles. The number of rotatable bonds is 8. The lowest BCUT2D eigenvalue weighted by Crippen LogP contribution is -2.55. The average molecular weight is 437 g/mol. The van der Waals surface area contributed by atoms with E-state index in [1.54, 1.807) is 7.11 Å². The summed E-state index contributed by atoms with van der Waals surface area (Å²) in [6, 6.07) is 17.1. The van der Waals surface area contributed by atoms with Crippen molar-refractivity contribution < 1.29 is 14.3 Å². The summed E-state index contributed by atoms with van der Waals surface area (Å²) in [4.78, 5) is 30.2. The number of anilines is 1. The van der Waals surface area contributed by atoms with Crippen LogP contribution >= 0.6 is 0 Å². The zero-order chi connectivity index (χ0) is 22.5. The summed E-state index contributed by atoms with van der Waals surface area (Å²) < 4.78 is 5.20. The molecule has 2 aromatic rings. The van der Waals surface area contributed by atoms with Crippen molar-refractivity contribution in [1.29, 1.82) is 0 Å². The molecule has 2 fully saturated rings. The standard InChI is InChI=1S/C25H32N4O3/c1-18(24(30)26-20-8-9-20)28-14-16-29(17-15-28)23(19-6-4-3-5-7-19)25(31)27-21-10-12-22(32-2)13-11-21/h3-7,10-13,18,20,23H,8-9,14-17H2,1-2H3,(H,26,30)(H,27,31). The Balaban J connectivity index is 1.42. The first-order valence-electron chi connectivity index (χ1n) is 11.3. The number of carbonyl (C=O) groups is 2. The van der Waals surface area contributed by atoms with Crippen molar-refractivity contribution in [3.63, 3.8) is 0 Å². The van der Waals surface area contributed by atoms with Crippen molar-refractivity contribution in [3.8, 4) is 5.75 Å². The van der Waals surface area contributed by atoms with Gasteiger partial charge < -0.3 is 15.4 Å². The molecule has 7 nitrogen and oxygen atoms in total. The third kappa shape index (κ3) is 5.47. The highest BCUT2D eigenvalue weighted by molar-refractivity contribution is 5.95. The smallest absolute Gasteiger partial charge is 0.246 e. The highest BCUT2D eigenvalue weighted by Crippen LogP contribution is 2.26. The van der Waals surface area contributed by atoms with Crippen LogP contribution < -0.4 is 15.4 Å². The van der Waals surface area contributed by atoms with Gasteiger partial charge in [0.05, 0.1) is 13.2 Å². The number of nitrogens with one attached hydrogen (secondary N) is 2. The van der Waals surface area contributed by atoms with Crippen molar-refractivity contribution in [1.82, 2.24) is 15.1 Å². The highest BCUT2D eigenvalue weighted by atomic mass is 16.5. The molecule has 170 valence electrons. The first-order valence-corrected chi connectivity index (χ1v) is 11.3. The van der Waals surface area contributed by atoms with Crippen molar-refractivity contribution in [3.05, 3.63) is 60.2 Å². The van der Waals surface area contributed by atoms with Gasteiger partial charge in [-0.3, -0.25) is 19.4 Å². The zero-order valence-electron chi connectivity index (χ0n) is 18.8. The molecule has 0 aromatic heterocycles. The predicted octanol–water partition coefficient (Wildman–Crippen LogP) is 2.66. The van der Waals surface area contributed by atoms with Gasteiger partial charge in [-0.2, -0.15) is 0 Å². The summed E-state index contributed by atoms with van der Waals surface area (Å²) in [5.41, 5.74) is 1.70. The van der Waals surface area contributed by atoms with Crippen LogP contribution in [0.3, 0.4) is 0 Å². The molecule has 1 saturated carbocycles. The Labute approximate surface area is 189 Å². The second-order valence-corrected chi connectivity index (χ2v) is 8.56. The summed E-state index contributed by atoms with van der Waals surface area (Å²) in [6.45, 7) is 4.91. The molecule has 1 heterocycles. The molecule has 0 bridgehead atoms. The van der Waals surface area contributed by atoms with E-state index in [1.165, 1.54) is 0 Å². The minimum absolute atomic E-state index is 0.0608. The number of ether oxygens (including phenoxy) is 1. The van der Waals surface area contributed by atoms with Gasteiger partial charge in [-0.15, -0.1) is 0 Å². The molecular formula is C25H32N4O3. The van der Waals surface area contributed by atoms with E-state index >= 15 is 0 Å². The van der Waals surface area contributed by atoms with E-state index in [4.69, 9.17) is 4.74 Å². The lowest BCUT2D eigenvalue weighted by Gasteiger charge is -2.40. The number of benzene rings is 2. The first-order chi connectivity index (χ1) is 15.5. The van der Waals surface area contributed by atoms with Gasteiger partial charge >= 0.3 is 0 Å². The SMILES string of the molecule is COc1ccc(NC(=O)C(c2ccccc2)N2CCN(C(C)C(=O)NC3CC3)CC2)cc1. The zero-order valence-corrected chi connectivity index (χ0v) is 18.8. The molecule has 2 atom stereocenters. The van der Waals surface area contributed by atoms with Crippen LogP contribution in [-0.2, 0) is 9.59 Å². The van der Waals surface area contributed by atoms with Crippen LogP contribution in [0.2, 0.25) is 0 Å². The van der Waals surface area contributed by atoms with Gasteiger partial charge in [-0.25, -0.2) is 0 Å². The summed E-state index contributed by atoms with van der Waals surface area (Å²) in [7, 11) is 1.62. The molecule has 2 N–H and O–H groups in total. The maximum atomic E-state index is 13.4. The number of hydrogen-bond acceptors (Lipinski definition) is 5. The number of hydrogen-bond donors (Lipinski definition) is 2. The average Bonchev–Trinajstić information content (AvgIpc) is 3.64. The fourth-order valence-corrected chi connectivity index (χ4v) is 4.15. The van der Waals surface area contributed by atoms with Crippen molar-refractivity contribution in [2.24, 2.45) is 0 Å². The molecule has 1 aliphatic heterocycles. The second kappa shape index (κ2) is 10.1. The van der Waals surface area contributed by atoms with E-state index in [1.807, 2.05) is 61.5 Å². The van der Waals surface area contributed by atoms with E-state index in [-0.39, 0.29) is 17.9 Å². The van der Waals surface area contributed by atoms with Gasteiger partial charge in [0.25, 0.3) is 0 Å². The Kier molecular flexibility index (Phi) is 7.07. The number of piperazine rings is 1. The molecule has 2 aromatic carbocycles. The Morgan fingerprint density at radius 2 is 1.53 bits per heavy atom. The van der Waals surface area contributed by atoms with Crippen LogP contribution in [0.1, 0.15) is 31.4 Å². The number of nitrogens with zero attached hydrogens (tertiary/aromatic N) is 2. The molecule has 0 radical (unpaired) electrons. The number of methoxy groups -OCH3 is 1. The maximum Gasteiger partial charge on any atom is 0.246 e. The maximum absolute atomic E-state index is 13.4. The molecule has 32 heavy (non-hydrogen) atoms. The van der Waals surface area contributed by atoms with Gasteiger partial charge in [0.2, 0.25) is 11.8 Å². The minimum Gasteiger partial charge on any atom is -0.497 e. The molecule has 4 rings (SSSR count). The van der Waals surface area contributed by atoms with Crippen molar-refractivity contribution in [2.75, 3.05) is 38.6 Å². The van der Waals surface area contributed by atoms with Gasteiger partial charge in [0.1, 0.15) is 11.8 Å². The monoisotopic (exact) mass is 436 g/mol. The van der Waals surface area contributed by atoms with Crippen LogP contribution in [-0.4, -0.2) is 67.0 Å². The van der Waals surface area contributed by atoms with Crippen LogP contribution in [0.25, 0.3) is 0 Å². The van der Waals surface area contributed by atoms with Crippen LogP contribution in [0.15, 0.2) is 54.6 Å².